The van der Waals surface area contributed by atoms with Crippen LogP contribution in [0.4, 0.5) is 8.78 Å². The minimum atomic E-state index is -1.08. The van der Waals surface area contributed by atoms with Gasteiger partial charge in [-0.1, -0.05) is 10.7 Å². The Hall–Kier alpha value is -3.04. The molecule has 0 radical (unpaired) electrons. The van der Waals surface area contributed by atoms with Crippen LogP contribution in [-0.2, 0) is 17.7 Å². The largest absolute Gasteiger partial charge is 0.454 e. The molecule has 172 valence electrons. The summed E-state index contributed by atoms with van der Waals surface area (Å²) in [5.74, 6) is -1.42. The molecule has 1 fully saturated rings. The van der Waals surface area contributed by atoms with E-state index >= 15 is 0 Å². The third-order valence-electron chi connectivity index (χ3n) is 5.87. The molecule has 0 saturated heterocycles. The summed E-state index contributed by atoms with van der Waals surface area (Å²) in [6.45, 7) is 0. The summed E-state index contributed by atoms with van der Waals surface area (Å²) in [7, 11) is 0.559. The highest BCUT2D eigenvalue weighted by molar-refractivity contribution is 14.1. The molecule has 2 aromatic heterocycles. The third kappa shape index (κ3) is 3.73. The summed E-state index contributed by atoms with van der Waals surface area (Å²) in [6, 6.07) is 12.3. The van der Waals surface area contributed by atoms with Crippen LogP contribution in [0.1, 0.15) is 12.8 Å². The number of nitrogens with zero attached hydrogens (tertiary/aromatic N) is 3. The smallest absolute Gasteiger partial charge is 0.275 e. The predicted molar refractivity (Wildman–Crippen MR) is 134 cm³/mol. The Balaban J connectivity index is 1.74. The van der Waals surface area contributed by atoms with Crippen molar-refractivity contribution in [3.63, 3.8) is 0 Å². The molecule has 2 aromatic carbocycles. The van der Waals surface area contributed by atoms with Gasteiger partial charge in [0.2, 0.25) is 0 Å². The van der Waals surface area contributed by atoms with Crippen LogP contribution >= 0.6 is 22.9 Å². The van der Waals surface area contributed by atoms with E-state index in [2.05, 4.69) is 6.07 Å². The lowest BCUT2D eigenvalue weighted by atomic mass is 10.0. The van der Waals surface area contributed by atoms with Gasteiger partial charge in [0, 0.05) is 46.9 Å². The second-order valence-electron chi connectivity index (χ2n) is 8.10. The Morgan fingerprint density at radius 2 is 1.88 bits per heavy atom. The van der Waals surface area contributed by atoms with Crippen molar-refractivity contribution >= 4 is 44.5 Å². The van der Waals surface area contributed by atoms with Crippen molar-refractivity contribution < 1.29 is 13.5 Å². The van der Waals surface area contributed by atoms with Crippen molar-refractivity contribution in [2.45, 2.75) is 22.5 Å². The fourth-order valence-corrected chi connectivity index (χ4v) is 5.97. The number of aryl methyl sites for hydroxylation is 1. The van der Waals surface area contributed by atoms with Crippen LogP contribution in [0.15, 0.2) is 64.5 Å². The van der Waals surface area contributed by atoms with Gasteiger partial charge in [0.15, 0.2) is 11.6 Å². The number of hydrogen-bond donors (Lipinski definition) is 1. The molecule has 1 atom stereocenters. The average molecular weight is 590 g/mol. The third-order valence-corrected chi connectivity index (χ3v) is 8.68. The summed E-state index contributed by atoms with van der Waals surface area (Å²) in [5, 5.41) is 10.3. The Bertz CT molecular complexity index is 1600. The summed E-state index contributed by atoms with van der Waals surface area (Å²) in [6.07, 6.45) is 4.79. The van der Waals surface area contributed by atoms with E-state index in [4.69, 9.17) is 9.52 Å². The predicted octanol–water partition coefficient (Wildman–Crippen LogP) is 6.07. The SMILES string of the molecule is Cn1cc(-c2cc(S(=N)C3(C#N)CC3)ccc2Oc2ccc(F)cc2F)c2ccn(I)c2c1=O. The van der Waals surface area contributed by atoms with Gasteiger partial charge in [0.05, 0.1) is 28.9 Å². The van der Waals surface area contributed by atoms with Crippen LogP contribution in [-0.4, -0.2) is 12.1 Å². The van der Waals surface area contributed by atoms with Crippen molar-refractivity contribution in [2.75, 3.05) is 0 Å². The molecule has 0 bridgehead atoms. The van der Waals surface area contributed by atoms with Crippen molar-refractivity contribution in [1.82, 2.24) is 7.35 Å². The van der Waals surface area contributed by atoms with E-state index in [1.165, 1.54) is 10.6 Å². The van der Waals surface area contributed by atoms with Crippen LogP contribution < -0.4 is 10.3 Å². The first-order valence-corrected chi connectivity index (χ1v) is 12.4. The maximum atomic E-state index is 14.4. The minimum Gasteiger partial charge on any atom is -0.454 e. The monoisotopic (exact) mass is 590 g/mol. The van der Waals surface area contributed by atoms with Gasteiger partial charge in [-0.15, -0.1) is 0 Å². The first kappa shape index (κ1) is 22.7. The molecule has 0 spiro atoms. The fraction of sp³-hybridized carbons (Fsp3) is 0.167. The molecular weight excluding hydrogens is 573 g/mol. The van der Waals surface area contributed by atoms with Gasteiger partial charge in [-0.05, 0) is 49.2 Å². The molecule has 1 saturated carbocycles. The van der Waals surface area contributed by atoms with E-state index in [0.29, 0.717) is 39.8 Å². The van der Waals surface area contributed by atoms with Gasteiger partial charge in [0.25, 0.3) is 5.56 Å². The Morgan fingerprint density at radius 3 is 2.56 bits per heavy atom. The number of nitrogens with one attached hydrogen (secondary N) is 1. The highest BCUT2D eigenvalue weighted by atomic mass is 127. The zero-order chi connectivity index (χ0) is 24.2. The molecule has 1 N–H and O–H groups in total. The van der Waals surface area contributed by atoms with Crippen LogP contribution in [0.25, 0.3) is 22.0 Å². The van der Waals surface area contributed by atoms with Gasteiger partial charge in [0.1, 0.15) is 21.8 Å². The van der Waals surface area contributed by atoms with Crippen LogP contribution in [0, 0.1) is 27.7 Å². The first-order valence-electron chi connectivity index (χ1n) is 10.3. The number of hydrogen-bond acceptors (Lipinski definition) is 4. The number of pyridine rings is 1. The summed E-state index contributed by atoms with van der Waals surface area (Å²) in [5.41, 5.74) is 1.50. The highest BCUT2D eigenvalue weighted by Crippen LogP contribution is 2.46. The molecule has 0 amide bonds. The first-order chi connectivity index (χ1) is 16.2. The van der Waals surface area contributed by atoms with E-state index in [1.807, 2.05) is 28.9 Å². The second-order valence-corrected chi connectivity index (χ2v) is 11.0. The Labute approximate surface area is 209 Å². The second kappa shape index (κ2) is 8.32. The lowest BCUT2D eigenvalue weighted by Crippen LogP contribution is -2.17. The molecule has 34 heavy (non-hydrogen) atoms. The van der Waals surface area contributed by atoms with Crippen LogP contribution in [0.2, 0.25) is 0 Å². The molecule has 0 aliphatic heterocycles. The number of fused-ring (bicyclic) bond motifs is 1. The molecular formula is C24H17F2IN4O2S. The van der Waals surface area contributed by atoms with Gasteiger partial charge in [-0.3, -0.25) is 12.4 Å². The van der Waals surface area contributed by atoms with Crippen LogP contribution in [0.3, 0.4) is 0 Å². The Kier molecular flexibility index (Phi) is 5.56. The standard InChI is InChI=1S/C24H17F2IN4O2S/c1-30-12-18(16-6-9-31(27)22(16)23(30)32)17-11-15(34(29)24(13-28)7-8-24)3-5-20(17)33-21-4-2-14(25)10-19(21)26/h2-6,9-12,29H,7-8H2,1H3. The zero-order valence-electron chi connectivity index (χ0n) is 17.8. The normalized spacial score (nSPS) is 15.1. The molecule has 5 rings (SSSR count). The quantitative estimate of drug-likeness (QED) is 0.287. The number of halogens is 3. The van der Waals surface area contributed by atoms with Crippen molar-refractivity contribution in [1.29, 1.82) is 10.0 Å². The van der Waals surface area contributed by atoms with Crippen molar-refractivity contribution in [3.05, 3.63) is 76.8 Å². The topological polar surface area (TPSA) is 83.8 Å². The van der Waals surface area contributed by atoms with E-state index in [0.717, 1.165) is 12.1 Å². The lowest BCUT2D eigenvalue weighted by molar-refractivity contribution is 0.439. The number of rotatable bonds is 5. The lowest BCUT2D eigenvalue weighted by Gasteiger charge is -2.17. The van der Waals surface area contributed by atoms with Gasteiger partial charge >= 0.3 is 0 Å². The van der Waals surface area contributed by atoms with Crippen molar-refractivity contribution in [2.24, 2.45) is 7.05 Å². The molecule has 1 aliphatic rings. The number of aromatic nitrogens is 2. The van der Waals surface area contributed by atoms with Gasteiger partial charge in [-0.2, -0.15) is 5.26 Å². The van der Waals surface area contributed by atoms with E-state index in [1.54, 1.807) is 40.4 Å². The van der Waals surface area contributed by atoms with E-state index in [9.17, 15) is 18.8 Å². The summed E-state index contributed by atoms with van der Waals surface area (Å²) >= 11 is 2.03. The Morgan fingerprint density at radius 1 is 1.15 bits per heavy atom. The molecule has 6 nitrogen and oxygen atoms in total. The molecule has 10 heteroatoms. The van der Waals surface area contributed by atoms with Crippen molar-refractivity contribution in [3.8, 4) is 28.7 Å². The van der Waals surface area contributed by atoms with Gasteiger partial charge in [-0.25, -0.2) is 8.78 Å². The van der Waals surface area contributed by atoms with E-state index in [-0.39, 0.29) is 17.1 Å². The maximum Gasteiger partial charge on any atom is 0.275 e. The van der Waals surface area contributed by atoms with Crippen LogP contribution in [0.5, 0.6) is 11.5 Å². The molecule has 1 aliphatic carbocycles. The van der Waals surface area contributed by atoms with E-state index < -0.39 is 27.1 Å². The number of benzene rings is 2. The fourth-order valence-electron chi connectivity index (χ4n) is 3.85. The summed E-state index contributed by atoms with van der Waals surface area (Å²) < 4.78 is 44.9. The highest BCUT2D eigenvalue weighted by Gasteiger charge is 2.47. The summed E-state index contributed by atoms with van der Waals surface area (Å²) in [4.78, 5) is 13.4. The molecule has 1 unspecified atom stereocenters. The number of nitriles is 1. The maximum absolute atomic E-state index is 14.4. The molecule has 4 aromatic rings. The zero-order valence-corrected chi connectivity index (χ0v) is 20.8. The molecule has 2 heterocycles. The average Bonchev–Trinajstić information content (AvgIpc) is 3.53. The number of ether oxygens (including phenoxy) is 1. The van der Waals surface area contributed by atoms with Gasteiger partial charge < -0.3 is 9.30 Å². The minimum absolute atomic E-state index is 0.150.